The zero-order valence-electron chi connectivity index (χ0n) is 19.4. The molecule has 36 heavy (non-hydrogen) atoms. The van der Waals surface area contributed by atoms with Gasteiger partial charge in [0, 0.05) is 49.9 Å². The maximum absolute atomic E-state index is 13.8. The second-order valence-electron chi connectivity index (χ2n) is 8.36. The lowest BCUT2D eigenvalue weighted by molar-refractivity contribution is -0.142. The van der Waals surface area contributed by atoms with Crippen LogP contribution in [0.5, 0.6) is 11.5 Å². The van der Waals surface area contributed by atoms with Crippen LogP contribution in [0.25, 0.3) is 5.69 Å². The molecule has 0 spiro atoms. The van der Waals surface area contributed by atoms with Crippen LogP contribution in [0.4, 0.5) is 23.7 Å². The Balaban J connectivity index is 1.48. The normalized spacial score (nSPS) is 14.4. The highest BCUT2D eigenvalue weighted by Crippen LogP contribution is 2.37. The predicted molar refractivity (Wildman–Crippen MR) is 122 cm³/mol. The van der Waals surface area contributed by atoms with Gasteiger partial charge in [-0.3, -0.25) is 4.79 Å². The lowest BCUT2D eigenvalue weighted by atomic mass is 10.0. The molecule has 0 fully saturated rings. The van der Waals surface area contributed by atoms with Gasteiger partial charge in [0.25, 0.3) is 5.91 Å². The van der Waals surface area contributed by atoms with E-state index in [-0.39, 0.29) is 43.3 Å². The highest BCUT2D eigenvalue weighted by molar-refractivity contribution is 6.06. The van der Waals surface area contributed by atoms with Crippen LogP contribution in [0.1, 0.15) is 27.3 Å². The van der Waals surface area contributed by atoms with E-state index < -0.39 is 17.9 Å². The van der Waals surface area contributed by atoms with E-state index in [2.05, 4.69) is 10.4 Å². The largest absolute Gasteiger partial charge is 0.454 e. The molecule has 0 radical (unpaired) electrons. The van der Waals surface area contributed by atoms with Crippen molar-refractivity contribution in [2.24, 2.45) is 0 Å². The average molecular weight is 501 g/mol. The second-order valence-corrected chi connectivity index (χ2v) is 8.36. The fourth-order valence-corrected chi connectivity index (χ4v) is 4.37. The zero-order valence-corrected chi connectivity index (χ0v) is 19.4. The number of aromatic nitrogens is 2. The maximum atomic E-state index is 13.8. The van der Waals surface area contributed by atoms with E-state index in [0.717, 1.165) is 0 Å². The van der Waals surface area contributed by atoms with Gasteiger partial charge in [-0.05, 0) is 30.3 Å². The van der Waals surface area contributed by atoms with Crippen LogP contribution in [-0.4, -0.2) is 54.1 Å². The first-order valence-corrected chi connectivity index (χ1v) is 11.1. The van der Waals surface area contributed by atoms with Crippen LogP contribution in [0.15, 0.2) is 42.5 Å². The van der Waals surface area contributed by atoms with Gasteiger partial charge < -0.3 is 24.6 Å². The summed E-state index contributed by atoms with van der Waals surface area (Å²) in [5, 5.41) is 6.32. The summed E-state index contributed by atoms with van der Waals surface area (Å²) >= 11 is 0. The van der Waals surface area contributed by atoms with Crippen molar-refractivity contribution in [3.05, 3.63) is 65.0 Å². The molecule has 2 aliphatic heterocycles. The van der Waals surface area contributed by atoms with Gasteiger partial charge in [-0.1, -0.05) is 6.07 Å². The SMILES string of the molecule is CNC(=O)N1CCc2c(c(C(F)(F)F)nn2-c2cccc(C(=O)N(C)c3ccc4c(c3)OCO4)c2)C1. The summed E-state index contributed by atoms with van der Waals surface area (Å²) in [6, 6.07) is 10.9. The number of hydrogen-bond donors (Lipinski definition) is 1. The van der Waals surface area contributed by atoms with E-state index in [4.69, 9.17) is 9.47 Å². The van der Waals surface area contributed by atoms with Crippen LogP contribution in [0.3, 0.4) is 0 Å². The number of urea groups is 1. The number of nitrogens with zero attached hydrogens (tertiary/aromatic N) is 4. The lowest BCUT2D eigenvalue weighted by Crippen LogP contribution is -2.41. The maximum Gasteiger partial charge on any atom is 0.435 e. The summed E-state index contributed by atoms with van der Waals surface area (Å²) in [4.78, 5) is 28.0. The van der Waals surface area contributed by atoms with Crippen molar-refractivity contribution in [2.45, 2.75) is 19.1 Å². The molecule has 188 valence electrons. The molecule has 3 heterocycles. The lowest BCUT2D eigenvalue weighted by Gasteiger charge is -2.27. The molecule has 0 saturated heterocycles. The van der Waals surface area contributed by atoms with Gasteiger partial charge in [0.05, 0.1) is 17.9 Å². The van der Waals surface area contributed by atoms with E-state index in [1.807, 2.05) is 0 Å². The molecule has 0 unspecified atom stereocenters. The van der Waals surface area contributed by atoms with E-state index in [9.17, 15) is 22.8 Å². The molecule has 1 aromatic heterocycles. The Morgan fingerprint density at radius 2 is 1.89 bits per heavy atom. The Morgan fingerprint density at radius 1 is 1.11 bits per heavy atom. The van der Waals surface area contributed by atoms with Gasteiger partial charge in [0.2, 0.25) is 6.79 Å². The zero-order chi connectivity index (χ0) is 25.6. The van der Waals surface area contributed by atoms with Crippen LogP contribution in [-0.2, 0) is 19.1 Å². The molecule has 2 aliphatic rings. The Kier molecular flexibility index (Phi) is 5.73. The number of hydrogen-bond acceptors (Lipinski definition) is 5. The summed E-state index contributed by atoms with van der Waals surface area (Å²) in [5.74, 6) is 0.744. The minimum atomic E-state index is -4.70. The predicted octanol–water partition coefficient (Wildman–Crippen LogP) is 3.59. The third kappa shape index (κ3) is 4.08. The van der Waals surface area contributed by atoms with Gasteiger partial charge in [0.15, 0.2) is 17.2 Å². The molecule has 12 heteroatoms. The monoisotopic (exact) mass is 501 g/mol. The van der Waals surface area contributed by atoms with Crippen molar-refractivity contribution >= 4 is 17.6 Å². The van der Waals surface area contributed by atoms with Gasteiger partial charge in [-0.2, -0.15) is 18.3 Å². The first kappa shape index (κ1) is 23.5. The number of nitrogens with one attached hydrogen (secondary N) is 1. The molecular weight excluding hydrogens is 479 g/mol. The fraction of sp³-hybridized carbons (Fsp3) is 0.292. The number of amides is 3. The summed E-state index contributed by atoms with van der Waals surface area (Å²) in [7, 11) is 3.02. The Bertz CT molecular complexity index is 1350. The number of carbonyl (C=O) groups is 2. The summed E-state index contributed by atoms with van der Waals surface area (Å²) in [6.45, 7) is 0.129. The molecule has 0 saturated carbocycles. The quantitative estimate of drug-likeness (QED) is 0.593. The molecule has 1 N–H and O–H groups in total. The molecule has 0 atom stereocenters. The Hall–Kier alpha value is -4.22. The minimum Gasteiger partial charge on any atom is -0.454 e. The number of alkyl halides is 3. The van der Waals surface area contributed by atoms with Crippen molar-refractivity contribution < 1.29 is 32.2 Å². The van der Waals surface area contributed by atoms with E-state index in [1.54, 1.807) is 43.4 Å². The highest BCUT2D eigenvalue weighted by atomic mass is 19.4. The average Bonchev–Trinajstić information content (AvgIpc) is 3.51. The summed E-state index contributed by atoms with van der Waals surface area (Å²) in [5.41, 5.74) is 0.427. The first-order valence-electron chi connectivity index (χ1n) is 11.1. The standard InChI is InChI=1S/C24H22F3N5O4/c1-28-23(34)31-9-8-18-17(12-31)21(24(25,26)27)29-32(18)16-5-3-4-14(10-16)22(33)30(2)15-6-7-19-20(11-15)36-13-35-19/h3-7,10-11H,8-9,12-13H2,1-2H3,(H,28,34). The van der Waals surface area contributed by atoms with Gasteiger partial charge in [-0.15, -0.1) is 0 Å². The van der Waals surface area contributed by atoms with Crippen LogP contribution >= 0.6 is 0 Å². The molecule has 9 nitrogen and oxygen atoms in total. The number of carbonyl (C=O) groups excluding carboxylic acids is 2. The molecule has 0 bridgehead atoms. The third-order valence-electron chi connectivity index (χ3n) is 6.21. The van der Waals surface area contributed by atoms with Crippen molar-refractivity contribution in [3.8, 4) is 17.2 Å². The Labute approximate surface area is 204 Å². The third-order valence-corrected chi connectivity index (χ3v) is 6.21. The second kappa shape index (κ2) is 8.77. The number of ether oxygens (including phenoxy) is 2. The topological polar surface area (TPSA) is 88.9 Å². The highest BCUT2D eigenvalue weighted by Gasteiger charge is 2.41. The molecule has 3 aromatic rings. The molecule has 5 rings (SSSR count). The minimum absolute atomic E-state index is 0.0495. The first-order chi connectivity index (χ1) is 17.2. The van der Waals surface area contributed by atoms with E-state index >= 15 is 0 Å². The number of fused-ring (bicyclic) bond motifs is 2. The fourth-order valence-electron chi connectivity index (χ4n) is 4.37. The van der Waals surface area contributed by atoms with Crippen molar-refractivity contribution in [1.29, 1.82) is 0 Å². The molecule has 3 amide bonds. The molecule has 0 aliphatic carbocycles. The molecule has 2 aromatic carbocycles. The Morgan fingerprint density at radius 3 is 2.64 bits per heavy atom. The number of benzene rings is 2. The van der Waals surface area contributed by atoms with Crippen LogP contribution in [0.2, 0.25) is 0 Å². The number of anilines is 1. The smallest absolute Gasteiger partial charge is 0.435 e. The van der Waals surface area contributed by atoms with Crippen molar-refractivity contribution in [1.82, 2.24) is 20.0 Å². The number of halogens is 3. The van der Waals surface area contributed by atoms with Gasteiger partial charge in [-0.25, -0.2) is 9.48 Å². The van der Waals surface area contributed by atoms with Gasteiger partial charge >= 0.3 is 12.2 Å². The van der Waals surface area contributed by atoms with E-state index in [0.29, 0.717) is 28.6 Å². The van der Waals surface area contributed by atoms with Crippen LogP contribution < -0.4 is 19.7 Å². The van der Waals surface area contributed by atoms with Gasteiger partial charge in [0.1, 0.15) is 0 Å². The van der Waals surface area contributed by atoms with E-state index in [1.165, 1.54) is 27.6 Å². The summed E-state index contributed by atoms with van der Waals surface area (Å²) < 4.78 is 53.4. The van der Waals surface area contributed by atoms with Crippen LogP contribution in [0, 0.1) is 0 Å². The summed E-state index contributed by atoms with van der Waals surface area (Å²) in [6.07, 6.45) is -4.52. The van der Waals surface area contributed by atoms with Crippen molar-refractivity contribution in [3.63, 3.8) is 0 Å². The number of rotatable bonds is 3. The van der Waals surface area contributed by atoms with Crippen molar-refractivity contribution in [2.75, 3.05) is 32.3 Å². The molecular formula is C24H22F3N5O4.